The lowest BCUT2D eigenvalue weighted by atomic mass is 10.1. The number of ether oxygens (including phenoxy) is 3. The van der Waals surface area contributed by atoms with Crippen LogP contribution < -0.4 is 0 Å². The van der Waals surface area contributed by atoms with E-state index in [1.54, 1.807) is 62.3 Å². The van der Waals surface area contributed by atoms with Gasteiger partial charge in [-0.3, -0.25) is 24.3 Å². The third kappa shape index (κ3) is 10.4. The van der Waals surface area contributed by atoms with Gasteiger partial charge < -0.3 is 28.2 Å². The minimum atomic E-state index is -3.25. The first kappa shape index (κ1) is 36.7. The van der Waals surface area contributed by atoms with Crippen LogP contribution in [0.1, 0.15) is 101 Å². The first-order chi connectivity index (χ1) is 21.1. The Kier molecular flexibility index (Phi) is 11.5. The van der Waals surface area contributed by atoms with E-state index < -0.39 is 78.4 Å². The van der Waals surface area contributed by atoms with E-state index >= 15 is 0 Å². The summed E-state index contributed by atoms with van der Waals surface area (Å²) in [4.78, 5) is 82.2. The molecule has 3 amide bonds. The molecule has 0 bridgehead atoms. The van der Waals surface area contributed by atoms with Crippen LogP contribution >= 0.6 is 0 Å². The summed E-state index contributed by atoms with van der Waals surface area (Å²) in [6, 6.07) is -3.22. The van der Waals surface area contributed by atoms with Crippen molar-refractivity contribution in [2.24, 2.45) is 0 Å². The molecule has 3 aliphatic rings. The highest BCUT2D eigenvalue weighted by Crippen LogP contribution is 2.26. The van der Waals surface area contributed by atoms with Gasteiger partial charge in [-0.2, -0.15) is 0 Å². The molecule has 46 heavy (non-hydrogen) atoms. The van der Waals surface area contributed by atoms with Gasteiger partial charge in [0.15, 0.2) is 6.04 Å². The Balaban J connectivity index is 1.80. The molecule has 0 aromatic heterocycles. The van der Waals surface area contributed by atoms with Crippen molar-refractivity contribution in [3.63, 3.8) is 0 Å². The third-order valence-electron chi connectivity index (χ3n) is 7.24. The molecule has 3 fully saturated rings. The molecular formula is C30H49BN3O12. The minimum Gasteiger partial charge on any atom is -0.598 e. The van der Waals surface area contributed by atoms with Gasteiger partial charge in [-0.15, -0.1) is 0 Å². The van der Waals surface area contributed by atoms with Crippen LogP contribution in [0.25, 0.3) is 0 Å². The Morgan fingerprint density at radius 3 is 1.17 bits per heavy atom. The van der Waals surface area contributed by atoms with Crippen molar-refractivity contribution in [1.29, 1.82) is 0 Å². The Morgan fingerprint density at radius 2 is 0.848 bits per heavy atom. The van der Waals surface area contributed by atoms with Crippen molar-refractivity contribution in [1.82, 2.24) is 14.7 Å². The summed E-state index contributed by atoms with van der Waals surface area (Å²) in [5.74, 6) is -2.85. The van der Waals surface area contributed by atoms with Crippen LogP contribution in [-0.2, 0) is 42.6 Å². The fraction of sp³-hybridized carbons (Fsp3) is 0.800. The number of carbonyl (C=O) groups excluding carboxylic acids is 6. The van der Waals surface area contributed by atoms with Gasteiger partial charge in [0, 0.05) is 24.4 Å². The number of carbonyl (C=O) groups is 6. The molecule has 259 valence electrons. The van der Waals surface area contributed by atoms with E-state index in [0.29, 0.717) is 19.3 Å². The Labute approximate surface area is 270 Å². The first-order valence-electron chi connectivity index (χ1n) is 15.9. The Morgan fingerprint density at radius 1 is 0.543 bits per heavy atom. The van der Waals surface area contributed by atoms with Gasteiger partial charge in [-0.25, -0.2) is 14.4 Å². The van der Waals surface area contributed by atoms with Crippen LogP contribution in [0.4, 0.5) is 14.4 Å². The second kappa shape index (κ2) is 14.4. The maximum atomic E-state index is 13.4. The zero-order chi connectivity index (χ0) is 34.6. The van der Waals surface area contributed by atoms with Crippen LogP contribution in [0, 0.1) is 0 Å². The van der Waals surface area contributed by atoms with Crippen LogP contribution in [0.3, 0.4) is 0 Å². The maximum Gasteiger partial charge on any atom is 0.673 e. The molecule has 3 rings (SSSR count). The average Bonchev–Trinajstić information content (AvgIpc) is 3.66. The highest BCUT2D eigenvalue weighted by Gasteiger charge is 2.47. The fourth-order valence-electron chi connectivity index (χ4n) is 5.38. The van der Waals surface area contributed by atoms with E-state index in [-0.39, 0.29) is 38.9 Å². The molecule has 0 aliphatic carbocycles. The quantitative estimate of drug-likeness (QED) is 0.232. The Hall–Kier alpha value is -3.72. The maximum absolute atomic E-state index is 13.4. The normalized spacial score (nSPS) is 22.0. The average molecular weight is 655 g/mol. The van der Waals surface area contributed by atoms with Crippen LogP contribution in [0.15, 0.2) is 0 Å². The second-order valence-electron chi connectivity index (χ2n) is 14.7. The summed E-state index contributed by atoms with van der Waals surface area (Å²) in [5.41, 5.74) is -2.43. The summed E-state index contributed by atoms with van der Waals surface area (Å²) in [7, 11) is -3.25. The highest BCUT2D eigenvalue weighted by molar-refractivity contribution is 6.44. The van der Waals surface area contributed by atoms with Crippen LogP contribution in [-0.4, -0.2) is 113 Å². The van der Waals surface area contributed by atoms with Gasteiger partial charge in [0.1, 0.15) is 28.9 Å². The van der Waals surface area contributed by atoms with Crippen molar-refractivity contribution in [2.75, 3.05) is 19.6 Å². The lowest BCUT2D eigenvalue weighted by molar-refractivity contribution is -0.153. The number of rotatable bonds is 6. The van der Waals surface area contributed by atoms with E-state index in [4.69, 9.17) is 28.2 Å². The van der Waals surface area contributed by atoms with E-state index in [0.717, 1.165) is 0 Å². The molecule has 3 atom stereocenters. The molecule has 0 saturated carbocycles. The molecule has 0 N–H and O–H groups in total. The summed E-state index contributed by atoms with van der Waals surface area (Å²) in [6.07, 6.45) is 0.0408. The lowest BCUT2D eigenvalue weighted by Gasteiger charge is -2.32. The first-order valence-corrected chi connectivity index (χ1v) is 15.9. The summed E-state index contributed by atoms with van der Waals surface area (Å²) in [5, 5.41) is 0. The van der Waals surface area contributed by atoms with Gasteiger partial charge in [0.25, 0.3) is 11.9 Å². The standard InChI is InChI=1S/C30H49BN3O12/c1-28(2,3)41-25(38)32-16-10-13-19(32)22(35)44-31(45-23(36)20-14-11-17-33(20)26(39)42-29(4,5)6)46-24(37)21-15-12-18-34(21)27(40)43-30(7,8)9/h19-21,31H,10-18H2,1-9H3/t19-,20-,21-/m0/s1. The molecule has 0 aromatic rings. The number of amides is 3. The summed E-state index contributed by atoms with van der Waals surface area (Å²) >= 11 is 0. The van der Waals surface area contributed by atoms with E-state index in [1.165, 1.54) is 14.7 Å². The van der Waals surface area contributed by atoms with Crippen molar-refractivity contribution in [3.05, 3.63) is 0 Å². The van der Waals surface area contributed by atoms with Crippen molar-refractivity contribution in [3.8, 4) is 0 Å². The van der Waals surface area contributed by atoms with Gasteiger partial charge >= 0.3 is 31.6 Å². The molecule has 0 spiro atoms. The molecule has 1 radical (unpaired) electrons. The molecule has 15 nitrogen and oxygen atoms in total. The van der Waals surface area contributed by atoms with E-state index in [2.05, 4.69) is 0 Å². The van der Waals surface area contributed by atoms with Gasteiger partial charge in [0.05, 0.1) is 0 Å². The van der Waals surface area contributed by atoms with Crippen LogP contribution in [0.2, 0.25) is 0 Å². The molecule has 0 aromatic carbocycles. The predicted octanol–water partition coefficient (Wildman–Crippen LogP) is 3.53. The third-order valence-corrected chi connectivity index (χ3v) is 7.24. The molecule has 3 heterocycles. The van der Waals surface area contributed by atoms with E-state index in [1.807, 2.05) is 0 Å². The topological polar surface area (TPSA) is 170 Å². The van der Waals surface area contributed by atoms with Crippen molar-refractivity contribution in [2.45, 2.75) is 136 Å². The number of likely N-dealkylation sites (tertiary alicyclic amines) is 3. The van der Waals surface area contributed by atoms with E-state index in [9.17, 15) is 28.8 Å². The minimum absolute atomic E-state index is 0.230. The van der Waals surface area contributed by atoms with Gasteiger partial charge in [-0.1, -0.05) is 0 Å². The van der Waals surface area contributed by atoms with Crippen LogP contribution in [0.5, 0.6) is 0 Å². The number of nitrogens with zero attached hydrogens (tertiary/aromatic N) is 3. The molecular weight excluding hydrogens is 605 g/mol. The number of hydrogen-bond acceptors (Lipinski definition) is 12. The Bertz CT molecular complexity index is 1030. The monoisotopic (exact) mass is 654 g/mol. The van der Waals surface area contributed by atoms with Crippen molar-refractivity contribution >= 4 is 43.5 Å². The number of hydrogen-bond donors (Lipinski definition) is 0. The zero-order valence-electron chi connectivity index (χ0n) is 28.5. The highest BCUT2D eigenvalue weighted by atomic mass is 16.8. The lowest BCUT2D eigenvalue weighted by Crippen LogP contribution is -2.50. The molecule has 0 unspecified atom stereocenters. The fourth-order valence-corrected chi connectivity index (χ4v) is 5.38. The van der Waals surface area contributed by atoms with Gasteiger partial charge in [0.2, 0.25) is 0 Å². The molecule has 16 heteroatoms. The largest absolute Gasteiger partial charge is 0.673 e. The SMILES string of the molecule is CC(C)(C)OC(=O)N1CCC[C@H]1C(=O)O[BH-](OC(=O)[C@@H]1CCCN1C(=O)OC(C)(C)C)OC(=[O+])[C@@H]1CCCN1C(=O)OC(C)(C)C. The second-order valence-corrected chi connectivity index (χ2v) is 14.7. The zero-order valence-corrected chi connectivity index (χ0v) is 28.5. The predicted molar refractivity (Wildman–Crippen MR) is 163 cm³/mol. The summed E-state index contributed by atoms with van der Waals surface area (Å²) in [6.45, 7) is 15.9. The molecule has 3 aliphatic heterocycles. The van der Waals surface area contributed by atoms with Crippen molar-refractivity contribution < 1.29 is 56.9 Å². The smallest absolute Gasteiger partial charge is 0.598 e. The molecule has 3 saturated heterocycles. The summed E-state index contributed by atoms with van der Waals surface area (Å²) < 4.78 is 32.8. The van der Waals surface area contributed by atoms with Gasteiger partial charge in [-0.05, 0) is 101 Å².